The van der Waals surface area contributed by atoms with Crippen molar-refractivity contribution in [1.29, 1.82) is 0 Å². The van der Waals surface area contributed by atoms with Gasteiger partial charge in [0.15, 0.2) is 5.82 Å². The molecule has 0 amide bonds. The van der Waals surface area contributed by atoms with E-state index in [1.165, 1.54) is 75.9 Å². The fourth-order valence-electron chi connectivity index (χ4n) is 8.54. The molecule has 1 aliphatic carbocycles. The average molecular weight is 583 g/mol. The number of aromatic nitrogens is 4. The van der Waals surface area contributed by atoms with Crippen LogP contribution in [-0.4, -0.2) is 18.9 Å². The summed E-state index contributed by atoms with van der Waals surface area (Å²) in [5.41, 5.74) is 10.3. The largest absolute Gasteiger partial charge is 0.308 e. The summed E-state index contributed by atoms with van der Waals surface area (Å²) in [7, 11) is 0. The van der Waals surface area contributed by atoms with Crippen LogP contribution in [0.2, 0.25) is 0 Å². The molecule has 4 nitrogen and oxygen atoms in total. The van der Waals surface area contributed by atoms with Crippen LogP contribution in [-0.2, 0) is 0 Å². The van der Waals surface area contributed by atoms with E-state index in [-0.39, 0.29) is 0 Å². The SMILES string of the molecule is c1ccc2cc3c(cc2c1)c1c2c(cc4c5ccccc5n3c41)c1ccccc1n2-c1cnc2c(n1)-c1cccc3cccc-2c13. The maximum Gasteiger partial charge on any atom is 0.156 e. The van der Waals surface area contributed by atoms with E-state index in [0.29, 0.717) is 0 Å². The van der Waals surface area contributed by atoms with E-state index < -0.39 is 0 Å². The lowest BCUT2D eigenvalue weighted by Gasteiger charge is -2.10. The molecule has 0 saturated heterocycles. The quantitative estimate of drug-likeness (QED) is 0.193. The molecule has 0 fully saturated rings. The first-order valence-electron chi connectivity index (χ1n) is 15.8. The number of hydrogen-bond acceptors (Lipinski definition) is 2. The van der Waals surface area contributed by atoms with Crippen LogP contribution in [0.25, 0.3) is 110 Å². The van der Waals surface area contributed by atoms with Gasteiger partial charge < -0.3 is 4.40 Å². The highest BCUT2D eigenvalue weighted by atomic mass is 15.1. The van der Waals surface area contributed by atoms with Gasteiger partial charge in [-0.05, 0) is 46.5 Å². The third kappa shape index (κ3) is 2.61. The molecule has 46 heavy (non-hydrogen) atoms. The van der Waals surface area contributed by atoms with Crippen molar-refractivity contribution in [3.63, 3.8) is 0 Å². The Bertz CT molecular complexity index is 3140. The Balaban J connectivity index is 1.31. The van der Waals surface area contributed by atoms with E-state index in [4.69, 9.17) is 9.97 Å². The molecule has 4 heteroatoms. The molecule has 0 N–H and O–H groups in total. The number of para-hydroxylation sites is 2. The maximum absolute atomic E-state index is 5.45. The third-order valence-electron chi connectivity index (χ3n) is 10.4. The number of fused-ring (bicyclic) bond motifs is 14. The minimum Gasteiger partial charge on any atom is -0.308 e. The summed E-state index contributed by atoms with van der Waals surface area (Å²) < 4.78 is 4.84. The zero-order valence-electron chi connectivity index (χ0n) is 24.5. The summed E-state index contributed by atoms with van der Waals surface area (Å²) in [6.07, 6.45) is 1.97. The second-order valence-electron chi connectivity index (χ2n) is 12.6. The predicted octanol–water partition coefficient (Wildman–Crippen LogP) is 10.7. The van der Waals surface area contributed by atoms with Crippen LogP contribution in [0.3, 0.4) is 0 Å². The van der Waals surface area contributed by atoms with Crippen molar-refractivity contribution in [3.8, 4) is 28.3 Å². The Kier molecular flexibility index (Phi) is 3.96. The van der Waals surface area contributed by atoms with Crippen molar-refractivity contribution in [1.82, 2.24) is 18.9 Å². The number of hydrogen-bond donors (Lipinski definition) is 0. The second kappa shape index (κ2) is 7.87. The molecule has 12 rings (SSSR count). The molecule has 210 valence electrons. The molecule has 0 aliphatic heterocycles. The van der Waals surface area contributed by atoms with Crippen LogP contribution >= 0.6 is 0 Å². The first kappa shape index (κ1) is 23.2. The minimum absolute atomic E-state index is 0.835. The lowest BCUT2D eigenvalue weighted by Crippen LogP contribution is -2.01. The lowest BCUT2D eigenvalue weighted by molar-refractivity contribution is 1.06. The van der Waals surface area contributed by atoms with Crippen molar-refractivity contribution in [2.75, 3.05) is 0 Å². The summed E-state index contributed by atoms with van der Waals surface area (Å²) in [5.74, 6) is 0.835. The van der Waals surface area contributed by atoms with E-state index in [1.54, 1.807) is 0 Å². The summed E-state index contributed by atoms with van der Waals surface area (Å²) in [5, 5.41) is 12.5. The minimum atomic E-state index is 0.835. The van der Waals surface area contributed by atoms with Crippen LogP contribution in [0.4, 0.5) is 0 Å². The summed E-state index contributed by atoms with van der Waals surface area (Å²) in [6, 6.07) is 46.4. The fourth-order valence-corrected chi connectivity index (χ4v) is 8.54. The number of benzene rings is 7. The Morgan fingerprint density at radius 1 is 0.435 bits per heavy atom. The van der Waals surface area contributed by atoms with E-state index in [2.05, 4.69) is 136 Å². The van der Waals surface area contributed by atoms with Crippen molar-refractivity contribution < 1.29 is 0 Å². The Hall–Kier alpha value is -6.26. The normalized spacial score (nSPS) is 12.8. The molecule has 0 atom stereocenters. The molecule has 4 aromatic heterocycles. The van der Waals surface area contributed by atoms with Crippen molar-refractivity contribution in [2.24, 2.45) is 0 Å². The van der Waals surface area contributed by atoms with E-state index in [1.807, 2.05) is 6.20 Å². The molecular weight excluding hydrogens is 560 g/mol. The zero-order valence-corrected chi connectivity index (χ0v) is 24.5. The highest BCUT2D eigenvalue weighted by Crippen LogP contribution is 2.48. The zero-order chi connectivity index (χ0) is 29.7. The number of nitrogens with zero attached hydrogens (tertiary/aromatic N) is 4. The highest BCUT2D eigenvalue weighted by molar-refractivity contribution is 6.34. The fraction of sp³-hybridized carbons (Fsp3) is 0. The summed E-state index contributed by atoms with van der Waals surface area (Å²) in [6.45, 7) is 0. The molecule has 0 spiro atoms. The van der Waals surface area contributed by atoms with Gasteiger partial charge in [-0.2, -0.15) is 0 Å². The summed E-state index contributed by atoms with van der Waals surface area (Å²) in [4.78, 5) is 10.6. The Labute approximate surface area is 261 Å². The second-order valence-corrected chi connectivity index (χ2v) is 12.6. The average Bonchev–Trinajstić information content (AvgIpc) is 3.82. The molecular formula is C42H22N4. The maximum atomic E-state index is 5.45. The molecule has 0 unspecified atom stereocenters. The van der Waals surface area contributed by atoms with Crippen LogP contribution in [0, 0.1) is 0 Å². The monoisotopic (exact) mass is 582 g/mol. The standard InChI is InChI=1S/C42H22N4/c1-2-10-25-20-35-32(19-24(25)9-1)38-41-30(26-13-3-5-17-33(26)45(35)41)21-31-27-14-4-6-18-34(27)46(42(31)38)36-22-43-39-28-15-7-11-23-12-8-16-29(37(23)28)40(39)44-36/h1-22H. The van der Waals surface area contributed by atoms with Gasteiger partial charge in [-0.15, -0.1) is 0 Å². The van der Waals surface area contributed by atoms with E-state index in [9.17, 15) is 0 Å². The van der Waals surface area contributed by atoms with Crippen LogP contribution in [0.15, 0.2) is 134 Å². The molecule has 1 aliphatic rings. The van der Waals surface area contributed by atoms with E-state index in [0.717, 1.165) is 33.8 Å². The number of rotatable bonds is 1. The van der Waals surface area contributed by atoms with Crippen molar-refractivity contribution in [3.05, 3.63) is 134 Å². The van der Waals surface area contributed by atoms with Gasteiger partial charge in [0, 0.05) is 48.8 Å². The Morgan fingerprint density at radius 3 is 1.91 bits per heavy atom. The van der Waals surface area contributed by atoms with Crippen LogP contribution in [0.5, 0.6) is 0 Å². The highest BCUT2D eigenvalue weighted by Gasteiger charge is 2.27. The predicted molar refractivity (Wildman–Crippen MR) is 190 cm³/mol. The smallest absolute Gasteiger partial charge is 0.156 e. The van der Waals surface area contributed by atoms with Crippen LogP contribution in [0.1, 0.15) is 0 Å². The Morgan fingerprint density at radius 2 is 1.09 bits per heavy atom. The topological polar surface area (TPSA) is 35.1 Å². The van der Waals surface area contributed by atoms with Crippen LogP contribution < -0.4 is 0 Å². The van der Waals surface area contributed by atoms with Gasteiger partial charge in [-0.3, -0.25) is 9.55 Å². The third-order valence-corrected chi connectivity index (χ3v) is 10.4. The molecule has 0 bridgehead atoms. The first-order chi connectivity index (χ1) is 22.8. The van der Waals surface area contributed by atoms with Gasteiger partial charge in [0.25, 0.3) is 0 Å². The first-order valence-corrected chi connectivity index (χ1v) is 15.8. The van der Waals surface area contributed by atoms with Gasteiger partial charge in [0.2, 0.25) is 0 Å². The van der Waals surface area contributed by atoms with Gasteiger partial charge in [0.1, 0.15) is 0 Å². The van der Waals surface area contributed by atoms with Gasteiger partial charge in [-0.25, -0.2) is 4.98 Å². The molecule has 0 radical (unpaired) electrons. The molecule has 0 saturated carbocycles. The van der Waals surface area contributed by atoms with Gasteiger partial charge in [-0.1, -0.05) is 97.1 Å². The molecule has 4 heterocycles. The molecule has 11 aromatic rings. The molecule has 7 aromatic carbocycles. The van der Waals surface area contributed by atoms with Gasteiger partial charge in [0.05, 0.1) is 45.2 Å². The lowest BCUT2D eigenvalue weighted by atomic mass is 10.0. The van der Waals surface area contributed by atoms with Crippen molar-refractivity contribution in [2.45, 2.75) is 0 Å². The summed E-state index contributed by atoms with van der Waals surface area (Å²) >= 11 is 0. The van der Waals surface area contributed by atoms with Gasteiger partial charge >= 0.3 is 0 Å². The van der Waals surface area contributed by atoms with E-state index >= 15 is 0 Å². The van der Waals surface area contributed by atoms with Crippen molar-refractivity contribution >= 4 is 81.4 Å².